The number of amides is 1. The van der Waals surface area contributed by atoms with Gasteiger partial charge in [0.25, 0.3) is 5.91 Å². The van der Waals surface area contributed by atoms with E-state index in [1.807, 2.05) is 35.2 Å². The molecule has 1 aliphatic rings. The van der Waals surface area contributed by atoms with Gasteiger partial charge in [-0.2, -0.15) is 0 Å². The summed E-state index contributed by atoms with van der Waals surface area (Å²) in [6.07, 6.45) is 1.78. The minimum atomic E-state index is -0.747. The van der Waals surface area contributed by atoms with Gasteiger partial charge in [-0.15, -0.1) is 12.4 Å². The number of benzene rings is 1. The Morgan fingerprint density at radius 3 is 2.60 bits per heavy atom. The summed E-state index contributed by atoms with van der Waals surface area (Å²) >= 11 is 0. The third-order valence-corrected chi connectivity index (χ3v) is 4.16. The van der Waals surface area contributed by atoms with E-state index in [-0.39, 0.29) is 24.6 Å². The second-order valence-electron chi connectivity index (χ2n) is 5.91. The van der Waals surface area contributed by atoms with Crippen molar-refractivity contribution in [2.45, 2.75) is 25.6 Å². The van der Waals surface area contributed by atoms with Gasteiger partial charge >= 0.3 is 0 Å². The number of carbonyl (C=O) groups excluding carboxylic acids is 1. The summed E-state index contributed by atoms with van der Waals surface area (Å²) in [5.41, 5.74) is 1.83. The van der Waals surface area contributed by atoms with Crippen LogP contribution in [0.3, 0.4) is 0 Å². The fourth-order valence-corrected chi connectivity index (χ4v) is 2.80. The molecular formula is C18H21ClFN3O2. The third kappa shape index (κ3) is 4.90. The lowest BCUT2D eigenvalue weighted by atomic mass is 10.1. The molecule has 0 atom stereocenters. The fraction of sp³-hybridized carbons (Fsp3) is 0.333. The van der Waals surface area contributed by atoms with E-state index in [0.29, 0.717) is 31.0 Å². The molecule has 1 aromatic carbocycles. The molecule has 1 fully saturated rings. The number of aromatic nitrogens is 1. The fourth-order valence-electron chi connectivity index (χ4n) is 2.80. The maximum atomic E-state index is 13.3. The number of hydrogen-bond acceptors (Lipinski definition) is 4. The van der Waals surface area contributed by atoms with Gasteiger partial charge in [0.15, 0.2) is 0 Å². The van der Waals surface area contributed by atoms with Gasteiger partial charge < -0.3 is 4.90 Å². The summed E-state index contributed by atoms with van der Waals surface area (Å²) in [4.78, 5) is 18.5. The highest BCUT2D eigenvalue weighted by Gasteiger charge is 2.21. The molecule has 0 unspecified atom stereocenters. The van der Waals surface area contributed by atoms with Crippen molar-refractivity contribution < 1.29 is 14.4 Å². The van der Waals surface area contributed by atoms with Crippen molar-refractivity contribution in [1.29, 1.82) is 0 Å². The quantitative estimate of drug-likeness (QED) is 0.665. The van der Waals surface area contributed by atoms with Crippen molar-refractivity contribution in [2.75, 3.05) is 18.0 Å². The summed E-state index contributed by atoms with van der Waals surface area (Å²) in [5.74, 6) is -0.555. The smallest absolute Gasteiger partial charge is 0.296 e. The predicted octanol–water partition coefficient (Wildman–Crippen LogP) is 3.47. The van der Waals surface area contributed by atoms with E-state index in [1.54, 1.807) is 18.3 Å². The Balaban J connectivity index is 0.00000225. The first-order chi connectivity index (χ1) is 11.6. The Bertz CT molecular complexity index is 694. The Labute approximate surface area is 152 Å². The molecule has 1 aromatic heterocycles. The largest absolute Gasteiger partial charge is 0.371 e. The van der Waals surface area contributed by atoms with Crippen molar-refractivity contribution in [3.8, 4) is 0 Å². The van der Waals surface area contributed by atoms with Gasteiger partial charge in [-0.1, -0.05) is 30.3 Å². The monoisotopic (exact) mass is 365 g/mol. The molecule has 25 heavy (non-hydrogen) atoms. The molecule has 1 N–H and O–H groups in total. The SMILES string of the molecule is Cl.O=C(c1cc(N2CCC(F)CC2)ccn1)N(O)Cc1ccccc1. The highest BCUT2D eigenvalue weighted by Crippen LogP contribution is 2.22. The van der Waals surface area contributed by atoms with Crippen LogP contribution in [0.15, 0.2) is 48.7 Å². The molecule has 0 aliphatic carbocycles. The Kier molecular flexibility index (Phi) is 6.73. The van der Waals surface area contributed by atoms with Gasteiger partial charge in [0, 0.05) is 25.0 Å². The molecule has 5 nitrogen and oxygen atoms in total. The normalized spacial score (nSPS) is 14.7. The lowest BCUT2D eigenvalue weighted by Gasteiger charge is -2.30. The van der Waals surface area contributed by atoms with Crippen LogP contribution in [0.4, 0.5) is 10.1 Å². The molecular weight excluding hydrogens is 345 g/mol. The Morgan fingerprint density at radius 2 is 1.92 bits per heavy atom. The lowest BCUT2D eigenvalue weighted by molar-refractivity contribution is -0.0652. The molecule has 3 rings (SSSR count). The Morgan fingerprint density at radius 1 is 1.24 bits per heavy atom. The predicted molar refractivity (Wildman–Crippen MR) is 95.9 cm³/mol. The molecule has 1 saturated heterocycles. The number of nitrogens with zero attached hydrogens (tertiary/aromatic N) is 3. The number of piperidine rings is 1. The number of halogens is 2. The van der Waals surface area contributed by atoms with Crippen molar-refractivity contribution >= 4 is 24.0 Å². The number of alkyl halides is 1. The van der Waals surface area contributed by atoms with Crippen LogP contribution in [-0.2, 0) is 6.54 Å². The highest BCUT2D eigenvalue weighted by molar-refractivity contribution is 5.92. The maximum absolute atomic E-state index is 13.3. The van der Waals surface area contributed by atoms with Crippen molar-refractivity contribution in [3.05, 3.63) is 59.9 Å². The summed E-state index contributed by atoms with van der Waals surface area (Å²) in [5, 5.41) is 10.7. The van der Waals surface area contributed by atoms with E-state index in [2.05, 4.69) is 4.98 Å². The summed E-state index contributed by atoms with van der Waals surface area (Å²) in [6, 6.07) is 12.7. The van der Waals surface area contributed by atoms with Gasteiger partial charge in [0.1, 0.15) is 11.9 Å². The summed E-state index contributed by atoms with van der Waals surface area (Å²) in [6.45, 7) is 1.33. The van der Waals surface area contributed by atoms with Crippen LogP contribution < -0.4 is 4.90 Å². The minimum absolute atomic E-state index is 0. The third-order valence-electron chi connectivity index (χ3n) is 4.16. The molecule has 1 amide bonds. The highest BCUT2D eigenvalue weighted by atomic mass is 35.5. The summed E-state index contributed by atoms with van der Waals surface area (Å²) in [7, 11) is 0. The van der Waals surface area contributed by atoms with Gasteiger partial charge in [-0.25, -0.2) is 9.45 Å². The molecule has 0 bridgehead atoms. The lowest BCUT2D eigenvalue weighted by Crippen LogP contribution is -2.34. The zero-order valence-electron chi connectivity index (χ0n) is 13.7. The Hall–Kier alpha value is -2.18. The van der Waals surface area contributed by atoms with Crippen LogP contribution in [-0.4, -0.2) is 40.4 Å². The summed E-state index contributed by atoms with van der Waals surface area (Å²) < 4.78 is 13.3. The average Bonchev–Trinajstić information content (AvgIpc) is 2.62. The van der Waals surface area contributed by atoms with E-state index in [0.717, 1.165) is 11.3 Å². The van der Waals surface area contributed by atoms with Gasteiger partial charge in [0.05, 0.1) is 6.54 Å². The molecule has 0 saturated carbocycles. The molecule has 134 valence electrons. The van der Waals surface area contributed by atoms with Gasteiger partial charge in [0.2, 0.25) is 0 Å². The average molecular weight is 366 g/mol. The number of rotatable bonds is 4. The van der Waals surface area contributed by atoms with Crippen LogP contribution in [0.5, 0.6) is 0 Å². The van der Waals surface area contributed by atoms with Crippen LogP contribution >= 0.6 is 12.4 Å². The van der Waals surface area contributed by atoms with Crippen LogP contribution in [0.1, 0.15) is 28.9 Å². The van der Waals surface area contributed by atoms with E-state index in [4.69, 9.17) is 0 Å². The van der Waals surface area contributed by atoms with Crippen molar-refractivity contribution in [1.82, 2.24) is 10.0 Å². The van der Waals surface area contributed by atoms with Crippen LogP contribution in [0, 0.1) is 0 Å². The van der Waals surface area contributed by atoms with Crippen molar-refractivity contribution in [3.63, 3.8) is 0 Å². The van der Waals surface area contributed by atoms with Crippen LogP contribution in [0.25, 0.3) is 0 Å². The molecule has 1 aliphatic heterocycles. The second kappa shape index (κ2) is 8.78. The second-order valence-corrected chi connectivity index (χ2v) is 5.91. The molecule has 0 radical (unpaired) electrons. The topological polar surface area (TPSA) is 56.7 Å². The minimum Gasteiger partial charge on any atom is -0.371 e. The molecule has 2 aromatic rings. The number of pyridine rings is 1. The van der Waals surface area contributed by atoms with E-state index in [1.165, 1.54) is 0 Å². The first-order valence-electron chi connectivity index (χ1n) is 8.03. The van der Waals surface area contributed by atoms with Gasteiger partial charge in [-0.3, -0.25) is 15.0 Å². The standard InChI is InChI=1S/C18H20FN3O2.ClH/c19-15-7-10-21(11-8-15)16-6-9-20-17(12-16)18(23)22(24)13-14-4-2-1-3-5-14;/h1-6,9,12,15,24H,7-8,10-11,13H2;1H. The number of anilines is 1. The van der Waals surface area contributed by atoms with E-state index >= 15 is 0 Å². The number of hydrogen-bond donors (Lipinski definition) is 1. The van der Waals surface area contributed by atoms with E-state index in [9.17, 15) is 14.4 Å². The van der Waals surface area contributed by atoms with Gasteiger partial charge in [-0.05, 0) is 30.5 Å². The zero-order chi connectivity index (χ0) is 16.9. The molecule has 0 spiro atoms. The molecule has 2 heterocycles. The molecule has 7 heteroatoms. The van der Waals surface area contributed by atoms with Crippen LogP contribution in [0.2, 0.25) is 0 Å². The number of carbonyl (C=O) groups is 1. The number of hydroxylamine groups is 2. The maximum Gasteiger partial charge on any atom is 0.296 e. The zero-order valence-corrected chi connectivity index (χ0v) is 14.5. The first-order valence-corrected chi connectivity index (χ1v) is 8.03. The van der Waals surface area contributed by atoms with E-state index < -0.39 is 12.1 Å². The van der Waals surface area contributed by atoms with Crippen molar-refractivity contribution in [2.24, 2.45) is 0 Å². The first kappa shape index (κ1) is 19.1.